The van der Waals surface area contributed by atoms with Gasteiger partial charge in [-0.2, -0.15) is 0 Å². The molecule has 1 saturated heterocycles. The number of hydrazine groups is 1. The second-order valence-electron chi connectivity index (χ2n) is 5.18. The summed E-state index contributed by atoms with van der Waals surface area (Å²) in [6, 6.07) is 0.190. The van der Waals surface area contributed by atoms with Gasteiger partial charge in [0, 0.05) is 18.6 Å². The third-order valence-corrected chi connectivity index (χ3v) is 2.47. The average Bonchev–Trinajstić information content (AvgIpc) is 2.64. The van der Waals surface area contributed by atoms with Crippen LogP contribution in [0.3, 0.4) is 0 Å². The quantitative estimate of drug-likeness (QED) is 0.720. The van der Waals surface area contributed by atoms with Crippen LogP contribution in [0.1, 0.15) is 34.1 Å². The summed E-state index contributed by atoms with van der Waals surface area (Å²) in [7, 11) is 0. The van der Waals surface area contributed by atoms with Crippen LogP contribution in [-0.4, -0.2) is 30.9 Å². The summed E-state index contributed by atoms with van der Waals surface area (Å²) in [6.07, 6.45) is 0.586. The molecular formula is C11H22N2O3. The lowest BCUT2D eigenvalue weighted by molar-refractivity contribution is 0.0480. The minimum atomic E-state index is -0.467. The summed E-state index contributed by atoms with van der Waals surface area (Å²) >= 11 is 0. The molecule has 5 heteroatoms. The van der Waals surface area contributed by atoms with Crippen LogP contribution in [0.15, 0.2) is 0 Å². The van der Waals surface area contributed by atoms with Crippen molar-refractivity contribution >= 4 is 6.09 Å². The van der Waals surface area contributed by atoms with E-state index >= 15 is 0 Å². The predicted octanol–water partition coefficient (Wildman–Crippen LogP) is 1.44. The molecule has 16 heavy (non-hydrogen) atoms. The van der Waals surface area contributed by atoms with E-state index in [2.05, 4.69) is 10.9 Å². The van der Waals surface area contributed by atoms with Gasteiger partial charge in [0.05, 0.1) is 6.61 Å². The van der Waals surface area contributed by atoms with Crippen molar-refractivity contribution in [2.45, 2.75) is 45.8 Å². The zero-order valence-electron chi connectivity index (χ0n) is 10.5. The first-order chi connectivity index (χ1) is 7.38. The van der Waals surface area contributed by atoms with Gasteiger partial charge < -0.3 is 9.47 Å². The summed E-state index contributed by atoms with van der Waals surface area (Å²) in [5.41, 5.74) is 5.02. The smallest absolute Gasteiger partial charge is 0.422 e. The Kier molecular flexibility index (Phi) is 4.56. The Hall–Kier alpha value is -0.810. The number of ether oxygens (including phenoxy) is 2. The van der Waals surface area contributed by atoms with Crippen molar-refractivity contribution < 1.29 is 14.3 Å². The SMILES string of the molecule is CC(NNC(=O)OC(C)(C)C)C1CCOC1. The fourth-order valence-electron chi connectivity index (χ4n) is 1.54. The Labute approximate surface area is 96.8 Å². The monoisotopic (exact) mass is 230 g/mol. The van der Waals surface area contributed by atoms with Gasteiger partial charge in [-0.1, -0.05) is 0 Å². The van der Waals surface area contributed by atoms with Crippen molar-refractivity contribution in [1.82, 2.24) is 10.9 Å². The van der Waals surface area contributed by atoms with Crippen LogP contribution in [0.25, 0.3) is 0 Å². The fraction of sp³-hybridized carbons (Fsp3) is 0.909. The first-order valence-electron chi connectivity index (χ1n) is 5.71. The highest BCUT2D eigenvalue weighted by atomic mass is 16.6. The van der Waals surface area contributed by atoms with Gasteiger partial charge in [0.1, 0.15) is 5.60 Å². The fourth-order valence-corrected chi connectivity index (χ4v) is 1.54. The van der Waals surface area contributed by atoms with E-state index in [1.165, 1.54) is 0 Å². The Morgan fingerprint density at radius 2 is 2.19 bits per heavy atom. The van der Waals surface area contributed by atoms with E-state index in [9.17, 15) is 4.79 Å². The average molecular weight is 230 g/mol. The number of amides is 1. The molecule has 1 amide bonds. The summed E-state index contributed by atoms with van der Waals surface area (Å²) in [4.78, 5) is 11.4. The minimum Gasteiger partial charge on any atom is -0.443 e. The van der Waals surface area contributed by atoms with Crippen molar-refractivity contribution in [1.29, 1.82) is 0 Å². The van der Waals surface area contributed by atoms with E-state index in [1.807, 2.05) is 27.7 Å². The molecule has 5 nitrogen and oxygen atoms in total. The van der Waals surface area contributed by atoms with Gasteiger partial charge in [0.2, 0.25) is 0 Å². The number of hydrogen-bond donors (Lipinski definition) is 2. The molecule has 1 rings (SSSR count). The number of rotatable bonds is 3. The molecule has 0 radical (unpaired) electrons. The van der Waals surface area contributed by atoms with Gasteiger partial charge in [-0.25, -0.2) is 10.2 Å². The lowest BCUT2D eigenvalue weighted by atomic mass is 10.0. The van der Waals surface area contributed by atoms with Crippen LogP contribution in [0.5, 0.6) is 0 Å². The molecule has 94 valence electrons. The molecule has 0 bridgehead atoms. The lowest BCUT2D eigenvalue weighted by Gasteiger charge is -2.23. The Bertz CT molecular complexity index is 232. The van der Waals surface area contributed by atoms with Crippen molar-refractivity contribution in [3.8, 4) is 0 Å². The summed E-state index contributed by atoms with van der Waals surface area (Å²) < 4.78 is 10.4. The predicted molar refractivity (Wildman–Crippen MR) is 60.9 cm³/mol. The second kappa shape index (κ2) is 5.50. The molecule has 0 aromatic rings. The Morgan fingerprint density at radius 1 is 1.50 bits per heavy atom. The standard InChI is InChI=1S/C11H22N2O3/c1-8(9-5-6-15-7-9)12-13-10(14)16-11(2,3)4/h8-9,12H,5-7H2,1-4H3,(H,13,14). The molecule has 0 saturated carbocycles. The summed E-state index contributed by atoms with van der Waals surface area (Å²) in [5.74, 6) is 0.454. The van der Waals surface area contributed by atoms with Crippen LogP contribution in [0.2, 0.25) is 0 Å². The highest BCUT2D eigenvalue weighted by Gasteiger charge is 2.23. The largest absolute Gasteiger partial charge is 0.443 e. The van der Waals surface area contributed by atoms with Gasteiger partial charge >= 0.3 is 6.09 Å². The molecule has 0 spiro atoms. The Morgan fingerprint density at radius 3 is 2.69 bits per heavy atom. The zero-order valence-corrected chi connectivity index (χ0v) is 10.5. The van der Waals surface area contributed by atoms with Crippen molar-refractivity contribution in [3.05, 3.63) is 0 Å². The maximum absolute atomic E-state index is 11.4. The van der Waals surface area contributed by atoms with Crippen molar-refractivity contribution in [2.75, 3.05) is 13.2 Å². The van der Waals surface area contributed by atoms with E-state index in [1.54, 1.807) is 0 Å². The normalized spacial score (nSPS) is 22.9. The van der Waals surface area contributed by atoms with Crippen LogP contribution in [0, 0.1) is 5.92 Å². The maximum atomic E-state index is 11.4. The third kappa shape index (κ3) is 4.81. The summed E-state index contributed by atoms with van der Waals surface area (Å²) in [5, 5.41) is 0. The topological polar surface area (TPSA) is 59.6 Å². The van der Waals surface area contributed by atoms with Crippen LogP contribution >= 0.6 is 0 Å². The molecule has 1 fully saturated rings. The third-order valence-electron chi connectivity index (χ3n) is 2.47. The molecule has 0 aromatic carbocycles. The van der Waals surface area contributed by atoms with Gasteiger partial charge in [-0.15, -0.1) is 0 Å². The van der Waals surface area contributed by atoms with E-state index in [-0.39, 0.29) is 6.04 Å². The van der Waals surface area contributed by atoms with Crippen LogP contribution in [0.4, 0.5) is 4.79 Å². The second-order valence-corrected chi connectivity index (χ2v) is 5.18. The van der Waals surface area contributed by atoms with Crippen molar-refractivity contribution in [2.24, 2.45) is 5.92 Å². The number of carbonyl (C=O) groups is 1. The Balaban J connectivity index is 2.20. The number of carbonyl (C=O) groups excluding carboxylic acids is 1. The maximum Gasteiger partial charge on any atom is 0.422 e. The van der Waals surface area contributed by atoms with Gasteiger partial charge in [0.15, 0.2) is 0 Å². The molecule has 0 aliphatic carbocycles. The summed E-state index contributed by atoms with van der Waals surface area (Å²) in [6.45, 7) is 9.09. The molecule has 2 N–H and O–H groups in total. The van der Waals surface area contributed by atoms with Gasteiger partial charge in [0.25, 0.3) is 0 Å². The number of nitrogens with one attached hydrogen (secondary N) is 2. The van der Waals surface area contributed by atoms with E-state index in [4.69, 9.17) is 9.47 Å². The minimum absolute atomic E-state index is 0.190. The van der Waals surface area contributed by atoms with E-state index in [0.29, 0.717) is 5.92 Å². The molecule has 2 unspecified atom stereocenters. The molecule has 1 heterocycles. The van der Waals surface area contributed by atoms with E-state index in [0.717, 1.165) is 19.6 Å². The highest BCUT2D eigenvalue weighted by Crippen LogP contribution is 2.15. The first kappa shape index (κ1) is 13.3. The van der Waals surface area contributed by atoms with Crippen LogP contribution < -0.4 is 10.9 Å². The van der Waals surface area contributed by atoms with Gasteiger partial charge in [-0.05, 0) is 34.1 Å². The molecule has 2 atom stereocenters. The first-order valence-corrected chi connectivity index (χ1v) is 5.71. The van der Waals surface area contributed by atoms with Gasteiger partial charge in [-0.3, -0.25) is 5.43 Å². The molecule has 1 aliphatic rings. The highest BCUT2D eigenvalue weighted by molar-refractivity contribution is 5.67. The molecular weight excluding hydrogens is 208 g/mol. The lowest BCUT2D eigenvalue weighted by Crippen LogP contribution is -2.48. The van der Waals surface area contributed by atoms with Crippen molar-refractivity contribution in [3.63, 3.8) is 0 Å². The molecule has 1 aliphatic heterocycles. The molecule has 0 aromatic heterocycles. The number of hydrogen-bond acceptors (Lipinski definition) is 4. The zero-order chi connectivity index (χ0) is 12.2. The van der Waals surface area contributed by atoms with E-state index < -0.39 is 11.7 Å². The van der Waals surface area contributed by atoms with Crippen LogP contribution in [-0.2, 0) is 9.47 Å².